The molecule has 49 valence electrons. The Morgan fingerprint density at radius 3 is 3.00 bits per heavy atom. The third-order valence-corrected chi connectivity index (χ3v) is 1.97. The lowest BCUT2D eigenvalue weighted by Gasteiger charge is -1.86. The van der Waals surface area contributed by atoms with Crippen LogP contribution in [0.4, 0.5) is 0 Å². The topological polar surface area (TPSA) is 15.8 Å². The fourth-order valence-corrected chi connectivity index (χ4v) is 1.45. The van der Waals surface area contributed by atoms with Gasteiger partial charge in [0.15, 0.2) is 0 Å². The highest BCUT2D eigenvalue weighted by molar-refractivity contribution is 7.07. The van der Waals surface area contributed by atoms with Crippen LogP contribution in [0.5, 0.6) is 0 Å². The van der Waals surface area contributed by atoms with Crippen LogP contribution in [0.3, 0.4) is 0 Å². The number of H-pyrrole nitrogens is 1. The molecule has 0 fully saturated rings. The van der Waals surface area contributed by atoms with Gasteiger partial charge in [0.2, 0.25) is 0 Å². The van der Waals surface area contributed by atoms with E-state index in [1.54, 1.807) is 11.3 Å². The van der Waals surface area contributed by atoms with Crippen LogP contribution in [0.25, 0.3) is 11.3 Å². The highest BCUT2D eigenvalue weighted by atomic mass is 32.1. The average Bonchev–Trinajstić information content (AvgIpc) is 2.59. The lowest BCUT2D eigenvalue weighted by atomic mass is 10.2. The van der Waals surface area contributed by atoms with Crippen LogP contribution < -0.4 is 0 Å². The molecule has 0 unspecified atom stereocenters. The zero-order valence-electron chi connectivity index (χ0n) is 5.29. The van der Waals surface area contributed by atoms with Crippen LogP contribution in [-0.4, -0.2) is 4.98 Å². The second kappa shape index (κ2) is 2.31. The summed E-state index contributed by atoms with van der Waals surface area (Å²) in [6, 6.07) is 6.08. The van der Waals surface area contributed by atoms with Gasteiger partial charge in [-0.05, 0) is 23.6 Å². The number of aromatic nitrogens is 1. The van der Waals surface area contributed by atoms with E-state index in [4.69, 9.17) is 0 Å². The van der Waals surface area contributed by atoms with Crippen molar-refractivity contribution in [3.8, 4) is 11.3 Å². The summed E-state index contributed by atoms with van der Waals surface area (Å²) in [4.78, 5) is 3.11. The Kier molecular flexibility index (Phi) is 1.32. The minimum atomic E-state index is 1.14. The van der Waals surface area contributed by atoms with Gasteiger partial charge in [-0.3, -0.25) is 0 Å². The minimum absolute atomic E-state index is 1.14. The molecule has 0 amide bonds. The van der Waals surface area contributed by atoms with E-state index in [2.05, 4.69) is 16.4 Å². The molecule has 0 atom stereocenters. The van der Waals surface area contributed by atoms with E-state index in [-0.39, 0.29) is 0 Å². The van der Waals surface area contributed by atoms with Crippen molar-refractivity contribution in [2.45, 2.75) is 0 Å². The van der Waals surface area contributed by atoms with Crippen LogP contribution >= 0.6 is 11.3 Å². The summed E-state index contributed by atoms with van der Waals surface area (Å²) in [5.41, 5.74) is 2.29. The number of nitrogens with one attached hydrogen (secondary N) is 1. The van der Waals surface area contributed by atoms with Gasteiger partial charge in [0.05, 0.1) is 5.38 Å². The smallest absolute Gasteiger partial charge is 0.0542 e. The van der Waals surface area contributed by atoms with E-state index >= 15 is 0 Å². The van der Waals surface area contributed by atoms with E-state index in [0.29, 0.717) is 0 Å². The molecule has 2 aromatic rings. The maximum Gasteiger partial charge on any atom is 0.0542 e. The van der Waals surface area contributed by atoms with Crippen molar-refractivity contribution in [1.29, 1.82) is 0 Å². The zero-order valence-corrected chi connectivity index (χ0v) is 6.11. The molecule has 0 aliphatic carbocycles. The monoisotopic (exact) mass is 148 g/mol. The van der Waals surface area contributed by atoms with Crippen molar-refractivity contribution in [3.63, 3.8) is 0 Å². The van der Waals surface area contributed by atoms with Crippen LogP contribution in [0.15, 0.2) is 29.8 Å². The highest BCUT2D eigenvalue weighted by Gasteiger charge is 1.95. The lowest BCUT2D eigenvalue weighted by molar-refractivity contribution is 1.41. The summed E-state index contributed by atoms with van der Waals surface area (Å²) in [5, 5.41) is 5.17. The van der Waals surface area contributed by atoms with Crippen LogP contribution in [0.1, 0.15) is 0 Å². The van der Waals surface area contributed by atoms with Crippen LogP contribution in [0, 0.1) is 5.38 Å². The third-order valence-electron chi connectivity index (χ3n) is 1.36. The van der Waals surface area contributed by atoms with Gasteiger partial charge in [0.1, 0.15) is 0 Å². The minimum Gasteiger partial charge on any atom is -0.361 e. The summed E-state index contributed by atoms with van der Waals surface area (Å²) < 4.78 is 0. The SMILES string of the molecule is [c]1sccc1-c1ccc[nH]1. The fourth-order valence-electron chi connectivity index (χ4n) is 0.876. The van der Waals surface area contributed by atoms with Gasteiger partial charge in [-0.25, -0.2) is 0 Å². The molecule has 2 aromatic heterocycles. The molecular weight excluding hydrogens is 142 g/mol. The van der Waals surface area contributed by atoms with Crippen molar-refractivity contribution >= 4 is 11.3 Å². The van der Waals surface area contributed by atoms with E-state index in [1.165, 1.54) is 0 Å². The van der Waals surface area contributed by atoms with Crippen molar-refractivity contribution < 1.29 is 0 Å². The summed E-state index contributed by atoms with van der Waals surface area (Å²) in [6.45, 7) is 0. The Hall–Kier alpha value is -1.02. The first-order valence-corrected chi connectivity index (χ1v) is 3.94. The average molecular weight is 148 g/mol. The predicted molar refractivity (Wildman–Crippen MR) is 42.9 cm³/mol. The molecule has 2 heterocycles. The van der Waals surface area contributed by atoms with E-state index in [9.17, 15) is 0 Å². The van der Waals surface area contributed by atoms with Gasteiger partial charge in [-0.1, -0.05) is 0 Å². The van der Waals surface area contributed by atoms with Gasteiger partial charge in [-0.2, -0.15) is 0 Å². The molecule has 2 heteroatoms. The molecule has 0 bridgehead atoms. The van der Waals surface area contributed by atoms with Gasteiger partial charge in [0, 0.05) is 17.5 Å². The van der Waals surface area contributed by atoms with Crippen molar-refractivity contribution in [2.75, 3.05) is 0 Å². The molecule has 10 heavy (non-hydrogen) atoms. The zero-order chi connectivity index (χ0) is 6.81. The molecular formula is C8H6NS. The fraction of sp³-hybridized carbons (Fsp3) is 0. The van der Waals surface area contributed by atoms with Crippen LogP contribution in [0.2, 0.25) is 0 Å². The Balaban J connectivity index is 2.48. The molecule has 0 aliphatic rings. The molecule has 1 N–H and O–H groups in total. The molecule has 0 saturated heterocycles. The summed E-state index contributed by atoms with van der Waals surface area (Å²) in [6.07, 6.45) is 1.92. The molecule has 0 saturated carbocycles. The molecule has 0 spiro atoms. The second-order valence-corrected chi connectivity index (χ2v) is 2.73. The number of hydrogen-bond donors (Lipinski definition) is 1. The molecule has 1 radical (unpaired) electrons. The normalized spacial score (nSPS) is 10.0. The molecule has 0 aromatic carbocycles. The Bertz CT molecular complexity index is 249. The highest BCUT2D eigenvalue weighted by Crippen LogP contribution is 2.18. The first-order valence-electron chi connectivity index (χ1n) is 3.06. The van der Waals surface area contributed by atoms with Gasteiger partial charge in [0.25, 0.3) is 0 Å². The van der Waals surface area contributed by atoms with Gasteiger partial charge < -0.3 is 4.98 Å². The molecule has 1 nitrogen and oxygen atoms in total. The van der Waals surface area contributed by atoms with E-state index < -0.39 is 0 Å². The molecule has 0 aliphatic heterocycles. The summed E-state index contributed by atoms with van der Waals surface area (Å²) in [7, 11) is 0. The Morgan fingerprint density at radius 1 is 1.40 bits per heavy atom. The Labute approximate surface area is 63.3 Å². The number of aromatic amines is 1. The van der Waals surface area contributed by atoms with Crippen molar-refractivity contribution in [1.82, 2.24) is 4.98 Å². The number of thiophene rings is 1. The van der Waals surface area contributed by atoms with Crippen molar-refractivity contribution in [3.05, 3.63) is 35.2 Å². The predicted octanol–water partition coefficient (Wildman–Crippen LogP) is 2.54. The molecule has 2 rings (SSSR count). The second-order valence-electron chi connectivity index (χ2n) is 2.02. The van der Waals surface area contributed by atoms with Gasteiger partial charge >= 0.3 is 0 Å². The number of rotatable bonds is 1. The lowest BCUT2D eigenvalue weighted by Crippen LogP contribution is -1.68. The summed E-state index contributed by atoms with van der Waals surface area (Å²) >= 11 is 1.59. The van der Waals surface area contributed by atoms with E-state index in [1.807, 2.05) is 23.7 Å². The standard InChI is InChI=1S/C8H6NS/c1-2-8(9-4-1)7-3-5-10-6-7/h1-5,9H. The Morgan fingerprint density at radius 2 is 2.40 bits per heavy atom. The van der Waals surface area contributed by atoms with Crippen molar-refractivity contribution in [2.24, 2.45) is 0 Å². The maximum absolute atomic E-state index is 3.15. The third kappa shape index (κ3) is 0.866. The first kappa shape index (κ1) is 5.74. The summed E-state index contributed by atoms with van der Waals surface area (Å²) in [5.74, 6) is 0. The quantitative estimate of drug-likeness (QED) is 0.639. The largest absolute Gasteiger partial charge is 0.361 e. The van der Waals surface area contributed by atoms with Crippen LogP contribution in [-0.2, 0) is 0 Å². The van der Waals surface area contributed by atoms with Gasteiger partial charge in [-0.15, -0.1) is 11.3 Å². The maximum atomic E-state index is 3.15. The van der Waals surface area contributed by atoms with E-state index in [0.717, 1.165) is 11.3 Å². The number of hydrogen-bond acceptors (Lipinski definition) is 1. The first-order chi connectivity index (χ1) is 4.97.